The Balaban J connectivity index is 0.00000187. The molecule has 0 saturated carbocycles. The molecule has 2 aromatic rings. The first-order chi connectivity index (χ1) is 15.9. The van der Waals surface area contributed by atoms with Crippen molar-refractivity contribution in [3.8, 4) is 18.0 Å². The van der Waals surface area contributed by atoms with Gasteiger partial charge in [0.15, 0.2) is 11.5 Å². The quantitative estimate of drug-likeness (QED) is 0.630. The molecule has 7 nitrogen and oxygen atoms in total. The van der Waals surface area contributed by atoms with Crippen molar-refractivity contribution in [2.75, 3.05) is 18.8 Å². The van der Waals surface area contributed by atoms with Gasteiger partial charge in [0, 0.05) is 19.7 Å². The van der Waals surface area contributed by atoms with Gasteiger partial charge >= 0.3 is 0 Å². The smallest absolute Gasteiger partial charge is 0.276 e. The van der Waals surface area contributed by atoms with Crippen molar-refractivity contribution < 1.29 is 9.18 Å². The van der Waals surface area contributed by atoms with Gasteiger partial charge in [-0.15, -0.1) is 0 Å². The molecular formula is C25H29FN6O. The van der Waals surface area contributed by atoms with Crippen molar-refractivity contribution in [2.24, 2.45) is 0 Å². The molecule has 2 heterocycles. The number of piperidine rings is 1. The Morgan fingerprint density at radius 2 is 2.00 bits per heavy atom. The average Bonchev–Trinajstić information content (AvgIpc) is 2.85. The highest BCUT2D eigenvalue weighted by molar-refractivity contribution is 5.98. The lowest BCUT2D eigenvalue weighted by Gasteiger charge is -2.31. The van der Waals surface area contributed by atoms with Gasteiger partial charge < -0.3 is 16.0 Å². The minimum atomic E-state index is -0.497. The number of amides is 1. The summed E-state index contributed by atoms with van der Waals surface area (Å²) in [6.07, 6.45) is 10.2. The van der Waals surface area contributed by atoms with Crippen LogP contribution in [0.25, 0.3) is 11.4 Å². The highest BCUT2D eigenvalue weighted by Gasteiger charge is 2.20. The van der Waals surface area contributed by atoms with Crippen LogP contribution in [0.4, 0.5) is 10.1 Å². The lowest BCUT2D eigenvalue weighted by atomic mass is 10.1. The number of nitrogens with one attached hydrogen (secondary N) is 1. The van der Waals surface area contributed by atoms with Crippen LogP contribution in [0.1, 0.15) is 42.2 Å². The van der Waals surface area contributed by atoms with E-state index in [1.165, 1.54) is 18.7 Å². The van der Waals surface area contributed by atoms with Crippen LogP contribution in [0.15, 0.2) is 60.6 Å². The Morgan fingerprint density at radius 1 is 1.30 bits per heavy atom. The number of hydrogen-bond donors (Lipinski definition) is 2. The number of nitriles is 1. The van der Waals surface area contributed by atoms with E-state index in [0.717, 1.165) is 37.2 Å². The summed E-state index contributed by atoms with van der Waals surface area (Å²) in [6.45, 7) is 13.0. The number of carbonyl (C=O) groups is 1. The number of aryl methyl sites for hydroxylation is 1. The number of hydrogen-bond acceptors (Lipinski definition) is 6. The maximum absolute atomic E-state index is 14.3. The molecule has 1 aliphatic rings. The number of anilines is 1. The average molecular weight is 449 g/mol. The van der Waals surface area contributed by atoms with Gasteiger partial charge in [-0.1, -0.05) is 24.3 Å². The molecule has 1 aromatic carbocycles. The van der Waals surface area contributed by atoms with Crippen molar-refractivity contribution >= 4 is 11.6 Å². The SMILES string of the molecule is C#N.C=C/C(NC(=O)c1nc(-c2cc(C)ccc2F)ncc1N)=C(\C=C/C)N1CCCCC1. The Bertz CT molecular complexity index is 1080. The van der Waals surface area contributed by atoms with Crippen LogP contribution in [0, 0.1) is 24.6 Å². The largest absolute Gasteiger partial charge is 0.396 e. The molecule has 0 aliphatic carbocycles. The lowest BCUT2D eigenvalue weighted by Crippen LogP contribution is -2.33. The fraction of sp³-hybridized carbons (Fsp3) is 0.280. The summed E-state index contributed by atoms with van der Waals surface area (Å²) in [6, 6.07) is 4.65. The second-order valence-electron chi connectivity index (χ2n) is 7.49. The van der Waals surface area contributed by atoms with E-state index in [-0.39, 0.29) is 22.8 Å². The molecule has 0 unspecified atom stereocenters. The Labute approximate surface area is 194 Å². The lowest BCUT2D eigenvalue weighted by molar-refractivity contribution is 0.0961. The van der Waals surface area contributed by atoms with Gasteiger partial charge in [0.2, 0.25) is 0 Å². The zero-order valence-electron chi connectivity index (χ0n) is 19.0. The van der Waals surface area contributed by atoms with Crippen molar-refractivity contribution in [2.45, 2.75) is 33.1 Å². The van der Waals surface area contributed by atoms with Crippen LogP contribution in [0.3, 0.4) is 0 Å². The second kappa shape index (κ2) is 12.2. The topological polar surface area (TPSA) is 108 Å². The summed E-state index contributed by atoms with van der Waals surface area (Å²) < 4.78 is 14.3. The van der Waals surface area contributed by atoms with E-state index >= 15 is 0 Å². The van der Waals surface area contributed by atoms with Gasteiger partial charge in [-0.3, -0.25) is 4.79 Å². The van der Waals surface area contributed by atoms with Crippen LogP contribution in [0.2, 0.25) is 0 Å². The summed E-state index contributed by atoms with van der Waals surface area (Å²) in [5, 5.41) is 9.38. The fourth-order valence-electron chi connectivity index (χ4n) is 3.57. The number of benzene rings is 1. The third-order valence-electron chi connectivity index (χ3n) is 5.14. The first-order valence-electron chi connectivity index (χ1n) is 10.6. The van der Waals surface area contributed by atoms with Crippen molar-refractivity contribution in [1.82, 2.24) is 20.2 Å². The van der Waals surface area contributed by atoms with E-state index in [4.69, 9.17) is 11.0 Å². The number of carbonyl (C=O) groups excluding carboxylic acids is 1. The molecule has 3 N–H and O–H groups in total. The van der Waals surface area contributed by atoms with Crippen LogP contribution >= 0.6 is 0 Å². The summed E-state index contributed by atoms with van der Waals surface area (Å²) in [5.41, 5.74) is 8.63. The molecule has 0 atom stereocenters. The molecule has 1 aromatic heterocycles. The molecule has 8 heteroatoms. The molecule has 172 valence electrons. The van der Waals surface area contributed by atoms with Gasteiger partial charge in [-0.25, -0.2) is 19.6 Å². The number of aromatic nitrogens is 2. The monoisotopic (exact) mass is 448 g/mol. The number of likely N-dealkylation sites (tertiary alicyclic amines) is 1. The summed E-state index contributed by atoms with van der Waals surface area (Å²) in [4.78, 5) is 23.7. The normalized spacial score (nSPS) is 14.2. The number of halogens is 1. The highest BCUT2D eigenvalue weighted by Crippen LogP contribution is 2.23. The maximum Gasteiger partial charge on any atom is 0.276 e. The van der Waals surface area contributed by atoms with E-state index < -0.39 is 11.7 Å². The molecule has 1 amide bonds. The molecule has 1 fully saturated rings. The first-order valence-corrected chi connectivity index (χ1v) is 10.6. The van der Waals surface area contributed by atoms with Gasteiger partial charge in [-0.05, 0) is 57.4 Å². The van der Waals surface area contributed by atoms with Crippen LogP contribution in [0.5, 0.6) is 0 Å². The fourth-order valence-corrected chi connectivity index (χ4v) is 3.57. The predicted octanol–water partition coefficient (Wildman–Crippen LogP) is 4.50. The molecule has 1 aliphatic heterocycles. The Kier molecular flexibility index (Phi) is 9.30. The highest BCUT2D eigenvalue weighted by atomic mass is 19.1. The zero-order valence-corrected chi connectivity index (χ0v) is 19.0. The number of allylic oxidation sites excluding steroid dienone is 3. The van der Waals surface area contributed by atoms with Gasteiger partial charge in [0.25, 0.3) is 5.91 Å². The molecule has 33 heavy (non-hydrogen) atoms. The summed E-state index contributed by atoms with van der Waals surface area (Å²) in [7, 11) is 0. The van der Waals surface area contributed by atoms with Gasteiger partial charge in [0.05, 0.1) is 28.8 Å². The number of nitrogens with two attached hydrogens (primary N) is 1. The standard InChI is InChI=1S/C24H28FN5O.CHN/c1-4-9-21(30-12-7-6-8-13-30)20(5-2)28-24(31)22-19(26)15-27-23(29-22)17-14-16(3)10-11-18(17)25;1-2/h4-5,9-11,14-15H,2,6-8,12-13,26H2,1,3H3,(H,28,31);1H/b9-4-,21-20-;. The molecule has 1 saturated heterocycles. The van der Waals surface area contributed by atoms with Crippen molar-refractivity contribution in [1.29, 1.82) is 5.26 Å². The first kappa shape index (κ1) is 25.3. The number of nitrogens with zero attached hydrogens (tertiary/aromatic N) is 4. The number of nitrogen functional groups attached to an aromatic ring is 1. The molecule has 0 bridgehead atoms. The second-order valence-corrected chi connectivity index (χ2v) is 7.49. The Morgan fingerprint density at radius 3 is 2.64 bits per heavy atom. The predicted molar refractivity (Wildman–Crippen MR) is 128 cm³/mol. The number of rotatable bonds is 6. The molecule has 0 spiro atoms. The summed E-state index contributed by atoms with van der Waals surface area (Å²) >= 11 is 0. The van der Waals surface area contributed by atoms with E-state index in [0.29, 0.717) is 5.70 Å². The zero-order chi connectivity index (χ0) is 24.4. The van der Waals surface area contributed by atoms with Crippen LogP contribution in [-0.2, 0) is 0 Å². The Hall–Kier alpha value is -3.99. The van der Waals surface area contributed by atoms with Crippen LogP contribution in [-0.4, -0.2) is 33.9 Å². The maximum atomic E-state index is 14.3. The molecule has 0 radical (unpaired) electrons. The van der Waals surface area contributed by atoms with Gasteiger partial charge in [-0.2, -0.15) is 0 Å². The molecular weight excluding hydrogens is 419 g/mol. The van der Waals surface area contributed by atoms with E-state index in [2.05, 4.69) is 33.3 Å². The van der Waals surface area contributed by atoms with Crippen LogP contribution < -0.4 is 11.1 Å². The minimum Gasteiger partial charge on any atom is -0.396 e. The molecule has 3 rings (SSSR count). The van der Waals surface area contributed by atoms with Crippen molar-refractivity contribution in [3.05, 3.63) is 77.7 Å². The van der Waals surface area contributed by atoms with Gasteiger partial charge in [0.1, 0.15) is 5.82 Å². The van der Waals surface area contributed by atoms with E-state index in [9.17, 15) is 9.18 Å². The van der Waals surface area contributed by atoms with E-state index in [1.54, 1.807) is 18.2 Å². The minimum absolute atomic E-state index is 0.0104. The third-order valence-corrected chi connectivity index (χ3v) is 5.14. The summed E-state index contributed by atoms with van der Waals surface area (Å²) in [5.74, 6) is -0.855. The van der Waals surface area contributed by atoms with E-state index in [1.807, 2.05) is 26.0 Å². The third kappa shape index (κ3) is 6.26. The van der Waals surface area contributed by atoms with Crippen molar-refractivity contribution in [3.63, 3.8) is 0 Å².